The number of nitrogens with one attached hydrogen (secondary N) is 2. The maximum Gasteiger partial charge on any atom is 0.416 e. The van der Waals surface area contributed by atoms with Gasteiger partial charge in [-0.05, 0) is 29.8 Å². The van der Waals surface area contributed by atoms with Crippen molar-refractivity contribution in [3.8, 4) is 11.3 Å². The zero-order valence-electron chi connectivity index (χ0n) is 14.5. The molecule has 0 saturated carbocycles. The molecule has 3 rings (SSSR count). The number of carbonyl (C=O) groups is 1. The molecule has 7 heteroatoms. The fourth-order valence-electron chi connectivity index (χ4n) is 2.70. The van der Waals surface area contributed by atoms with E-state index in [-0.39, 0.29) is 5.92 Å². The number of aldehydes is 1. The van der Waals surface area contributed by atoms with Crippen molar-refractivity contribution in [2.75, 3.05) is 5.32 Å². The third-order valence-electron chi connectivity index (χ3n) is 4.33. The quantitative estimate of drug-likeness (QED) is 0.597. The standard InChI is InChI=1S/C20H18F3N3O/c1-13(12-27)14-4-8-18(9-5-14)24-10-16-11-25-26-19(16)15-2-6-17(7-3-15)20(21,22)23/h2-9,11-13,24H,10H2,1H3,(H,25,26). The molecule has 1 heterocycles. The molecule has 0 aliphatic rings. The van der Waals surface area contributed by atoms with Crippen LogP contribution in [0.4, 0.5) is 18.9 Å². The van der Waals surface area contributed by atoms with E-state index in [0.29, 0.717) is 17.8 Å². The van der Waals surface area contributed by atoms with E-state index in [2.05, 4.69) is 15.5 Å². The highest BCUT2D eigenvalue weighted by Crippen LogP contribution is 2.31. The van der Waals surface area contributed by atoms with Crippen molar-refractivity contribution in [3.05, 3.63) is 71.4 Å². The zero-order valence-corrected chi connectivity index (χ0v) is 14.5. The Kier molecular flexibility index (Phi) is 5.30. The van der Waals surface area contributed by atoms with E-state index in [9.17, 15) is 18.0 Å². The number of hydrogen-bond donors (Lipinski definition) is 2. The number of alkyl halides is 3. The van der Waals surface area contributed by atoms with Gasteiger partial charge in [0.25, 0.3) is 0 Å². The second-order valence-electron chi connectivity index (χ2n) is 6.23. The largest absolute Gasteiger partial charge is 0.416 e. The van der Waals surface area contributed by atoms with E-state index in [1.807, 2.05) is 31.2 Å². The molecule has 3 aromatic rings. The molecule has 27 heavy (non-hydrogen) atoms. The van der Waals surface area contributed by atoms with Gasteiger partial charge in [-0.25, -0.2) is 0 Å². The highest BCUT2D eigenvalue weighted by atomic mass is 19.4. The Bertz CT molecular complexity index is 899. The van der Waals surface area contributed by atoms with Crippen LogP contribution in [0.1, 0.15) is 29.5 Å². The third kappa shape index (κ3) is 4.36. The number of anilines is 1. The van der Waals surface area contributed by atoms with Gasteiger partial charge in [-0.2, -0.15) is 18.3 Å². The Labute approximate surface area is 154 Å². The molecule has 140 valence electrons. The molecule has 4 nitrogen and oxygen atoms in total. The summed E-state index contributed by atoms with van der Waals surface area (Å²) in [6, 6.07) is 12.5. The van der Waals surface area contributed by atoms with Crippen LogP contribution in [0.3, 0.4) is 0 Å². The van der Waals surface area contributed by atoms with Gasteiger partial charge in [0.2, 0.25) is 0 Å². The van der Waals surface area contributed by atoms with Gasteiger partial charge in [0.1, 0.15) is 6.29 Å². The lowest BCUT2D eigenvalue weighted by atomic mass is 10.0. The van der Waals surface area contributed by atoms with Crippen LogP contribution < -0.4 is 5.32 Å². The Balaban J connectivity index is 1.71. The number of nitrogens with zero attached hydrogens (tertiary/aromatic N) is 1. The van der Waals surface area contributed by atoms with E-state index in [4.69, 9.17) is 0 Å². The van der Waals surface area contributed by atoms with Crippen molar-refractivity contribution >= 4 is 12.0 Å². The number of aromatic amines is 1. The van der Waals surface area contributed by atoms with E-state index >= 15 is 0 Å². The van der Waals surface area contributed by atoms with Crippen molar-refractivity contribution in [2.45, 2.75) is 25.6 Å². The average Bonchev–Trinajstić information content (AvgIpc) is 3.14. The summed E-state index contributed by atoms with van der Waals surface area (Å²) >= 11 is 0. The molecule has 0 aliphatic carbocycles. The molecule has 2 aromatic carbocycles. The van der Waals surface area contributed by atoms with Gasteiger partial charge >= 0.3 is 6.18 Å². The van der Waals surface area contributed by atoms with Gasteiger partial charge in [0.15, 0.2) is 0 Å². The van der Waals surface area contributed by atoms with Crippen LogP contribution in [-0.2, 0) is 17.5 Å². The Morgan fingerprint density at radius 1 is 1.11 bits per heavy atom. The Morgan fingerprint density at radius 2 is 1.78 bits per heavy atom. The molecule has 1 atom stereocenters. The smallest absolute Gasteiger partial charge is 0.381 e. The van der Waals surface area contributed by atoms with Crippen molar-refractivity contribution in [1.82, 2.24) is 10.2 Å². The molecule has 0 spiro atoms. The third-order valence-corrected chi connectivity index (χ3v) is 4.33. The average molecular weight is 373 g/mol. The first-order chi connectivity index (χ1) is 12.9. The summed E-state index contributed by atoms with van der Waals surface area (Å²) in [6.07, 6.45) is -1.75. The molecule has 0 amide bonds. The summed E-state index contributed by atoms with van der Waals surface area (Å²) in [5.74, 6) is -0.154. The van der Waals surface area contributed by atoms with Gasteiger partial charge in [-0.1, -0.05) is 31.2 Å². The van der Waals surface area contributed by atoms with Crippen LogP contribution >= 0.6 is 0 Å². The topological polar surface area (TPSA) is 57.8 Å². The van der Waals surface area contributed by atoms with Gasteiger partial charge in [0.05, 0.1) is 11.3 Å². The number of benzene rings is 2. The highest BCUT2D eigenvalue weighted by molar-refractivity contribution is 5.64. The van der Waals surface area contributed by atoms with E-state index in [1.54, 1.807) is 6.20 Å². The van der Waals surface area contributed by atoms with Crippen LogP contribution in [0.2, 0.25) is 0 Å². The van der Waals surface area contributed by atoms with Gasteiger partial charge in [-0.15, -0.1) is 0 Å². The SMILES string of the molecule is CC(C=O)c1ccc(NCc2c[nH]nc2-c2ccc(C(F)(F)F)cc2)cc1. The first-order valence-electron chi connectivity index (χ1n) is 8.38. The summed E-state index contributed by atoms with van der Waals surface area (Å²) in [5.41, 5.74) is 3.16. The van der Waals surface area contributed by atoms with E-state index in [1.165, 1.54) is 12.1 Å². The lowest BCUT2D eigenvalue weighted by molar-refractivity contribution is -0.137. The van der Waals surface area contributed by atoms with Gasteiger partial charge < -0.3 is 10.1 Å². The van der Waals surface area contributed by atoms with Gasteiger partial charge in [0, 0.05) is 35.5 Å². The summed E-state index contributed by atoms with van der Waals surface area (Å²) in [6.45, 7) is 2.28. The molecule has 0 fully saturated rings. The zero-order chi connectivity index (χ0) is 19.4. The first-order valence-corrected chi connectivity index (χ1v) is 8.38. The second kappa shape index (κ2) is 7.65. The molecule has 1 unspecified atom stereocenters. The van der Waals surface area contributed by atoms with E-state index in [0.717, 1.165) is 35.2 Å². The predicted molar refractivity (Wildman–Crippen MR) is 97.3 cm³/mol. The fraction of sp³-hybridized carbons (Fsp3) is 0.200. The Morgan fingerprint density at radius 3 is 2.37 bits per heavy atom. The number of hydrogen-bond acceptors (Lipinski definition) is 3. The normalized spacial score (nSPS) is 12.6. The fourth-order valence-corrected chi connectivity index (χ4v) is 2.70. The van der Waals surface area contributed by atoms with E-state index < -0.39 is 11.7 Å². The molecule has 0 saturated heterocycles. The lowest BCUT2D eigenvalue weighted by Crippen LogP contribution is -2.04. The van der Waals surface area contributed by atoms with Crippen LogP contribution in [0.25, 0.3) is 11.3 Å². The maximum atomic E-state index is 12.7. The number of carbonyl (C=O) groups excluding carboxylic acids is 1. The minimum atomic E-state index is -4.36. The van der Waals surface area contributed by atoms with Crippen LogP contribution in [0.15, 0.2) is 54.7 Å². The number of halogens is 3. The monoisotopic (exact) mass is 373 g/mol. The first kappa shape index (κ1) is 18.7. The van der Waals surface area contributed by atoms with Crippen molar-refractivity contribution in [3.63, 3.8) is 0 Å². The molecular weight excluding hydrogens is 355 g/mol. The van der Waals surface area contributed by atoms with Crippen LogP contribution in [0.5, 0.6) is 0 Å². The van der Waals surface area contributed by atoms with Crippen molar-refractivity contribution in [2.24, 2.45) is 0 Å². The van der Waals surface area contributed by atoms with Gasteiger partial charge in [-0.3, -0.25) is 5.10 Å². The number of aromatic nitrogens is 2. The summed E-state index contributed by atoms with van der Waals surface area (Å²) < 4.78 is 38.1. The molecular formula is C20H18F3N3O. The number of H-pyrrole nitrogens is 1. The predicted octanol–water partition coefficient (Wildman–Crippen LogP) is 5.01. The Hall–Kier alpha value is -3.09. The summed E-state index contributed by atoms with van der Waals surface area (Å²) in [5, 5.41) is 10.2. The molecule has 0 radical (unpaired) electrons. The molecule has 0 bridgehead atoms. The maximum absolute atomic E-state index is 12.7. The highest BCUT2D eigenvalue weighted by Gasteiger charge is 2.30. The number of rotatable bonds is 6. The van der Waals surface area contributed by atoms with Crippen molar-refractivity contribution in [1.29, 1.82) is 0 Å². The van der Waals surface area contributed by atoms with Crippen LogP contribution in [-0.4, -0.2) is 16.5 Å². The summed E-state index contributed by atoms with van der Waals surface area (Å²) in [7, 11) is 0. The van der Waals surface area contributed by atoms with Crippen molar-refractivity contribution < 1.29 is 18.0 Å². The molecule has 1 aromatic heterocycles. The minimum absolute atomic E-state index is 0.154. The van der Waals surface area contributed by atoms with Crippen LogP contribution in [0, 0.1) is 0 Å². The second-order valence-corrected chi connectivity index (χ2v) is 6.23. The molecule has 0 aliphatic heterocycles. The molecule has 2 N–H and O–H groups in total. The minimum Gasteiger partial charge on any atom is -0.381 e. The summed E-state index contributed by atoms with van der Waals surface area (Å²) in [4.78, 5) is 10.8. The lowest BCUT2D eigenvalue weighted by Gasteiger charge is -2.10.